The second-order valence-electron chi connectivity index (χ2n) is 17.3. The van der Waals surface area contributed by atoms with Gasteiger partial charge < -0.3 is 73.4 Å². The number of carbonyl (C=O) groups is 1. The van der Waals surface area contributed by atoms with Gasteiger partial charge in [0.2, 0.25) is 0 Å². The highest BCUT2D eigenvalue weighted by Gasteiger charge is 2.13. The monoisotopic (exact) mass is 1660 g/mol. The van der Waals surface area contributed by atoms with Crippen molar-refractivity contribution >= 4 is 109 Å². The second kappa shape index (κ2) is 63.3. The standard InChI is InChI=1S/C20H28N2O5S.C10H13BrO2.C10H16N2O3S.C10H14O3.C8H10O2.C3H4O3.3CH4.Br3P.ClH/c1-4-24-17-7-5-6-8-18(17)25-12-11-22-15(2)13-16-9-10-19(23-3)20(14-16)28-27-26-21;1-2-12-9-5-3-4-6-10(9)13-8-7-11;1-7(11)5-8-3-4-9(13-2)10(6-8)16-15-14-12;1-2-12-9-5-3-4-6-10(9)13-8-7-11;1-2-10-8-6-4-3-5-7(8)9;4-3-5-1-2-6-3;;;;1-4(2)3;/h5-10,14-15,22H,4,11-13,21H2,1-3H3;3-6H,2,7-8H2,1H3;3-4,6-7H,5,11-12H2,1-2H3;3-6,11H,2,7-8H2,1H3;3-6,9H,2H2,1H3;1-2H2;3*1H4;;1H. The molecule has 1 aliphatic rings. The van der Waals surface area contributed by atoms with E-state index in [0.29, 0.717) is 82.5 Å². The van der Waals surface area contributed by atoms with E-state index < -0.39 is 6.16 Å². The number of carbonyl (C=O) groups excluding carboxylic acids is 1. The summed E-state index contributed by atoms with van der Waals surface area (Å²) in [6.07, 6.45) is 1.09. The lowest BCUT2D eigenvalue weighted by atomic mass is 10.1. The van der Waals surface area contributed by atoms with Crippen molar-refractivity contribution in [2.45, 2.75) is 98.5 Å². The maximum atomic E-state index is 9.80. The van der Waals surface area contributed by atoms with Gasteiger partial charge in [0.15, 0.2) is 46.0 Å². The van der Waals surface area contributed by atoms with Gasteiger partial charge >= 0.3 is 6.16 Å². The Labute approximate surface area is 605 Å². The molecule has 30 heteroatoms. The Morgan fingerprint density at radius 3 is 1.23 bits per heavy atom. The Balaban J connectivity index is -0.000000534. The van der Waals surface area contributed by atoms with E-state index in [1.165, 1.54) is 0 Å². The fraction of sp³-hybridized carbons (Fsp3) is 0.422. The van der Waals surface area contributed by atoms with Crippen LogP contribution in [0.5, 0.6) is 57.5 Å². The lowest BCUT2D eigenvalue weighted by Crippen LogP contribution is -2.31. The molecule has 1 aliphatic heterocycles. The van der Waals surface area contributed by atoms with Gasteiger partial charge in [-0.05, 0) is 185 Å². The number of cyclic esters (lactones) is 2. The van der Waals surface area contributed by atoms with Gasteiger partial charge in [-0.2, -0.15) is 11.8 Å². The molecule has 534 valence electrons. The van der Waals surface area contributed by atoms with Crippen molar-refractivity contribution in [3.05, 3.63) is 145 Å². The molecule has 7 rings (SSSR count). The Morgan fingerprint density at radius 1 is 0.553 bits per heavy atom. The third-order valence-electron chi connectivity index (χ3n) is 10.6. The molecule has 6 aromatic rings. The molecular formula is C64H98Br4ClN4O18PS2. The molecule has 0 amide bonds. The van der Waals surface area contributed by atoms with Crippen LogP contribution in [0.4, 0.5) is 4.79 Å². The topological polar surface area (TPSA) is 286 Å². The van der Waals surface area contributed by atoms with E-state index in [-0.39, 0.29) is 63.2 Å². The van der Waals surface area contributed by atoms with Crippen LogP contribution in [-0.4, -0.2) is 121 Å². The molecule has 0 spiro atoms. The van der Waals surface area contributed by atoms with Crippen molar-refractivity contribution < 1.29 is 85.8 Å². The van der Waals surface area contributed by atoms with Gasteiger partial charge in [0.1, 0.15) is 42.0 Å². The maximum Gasteiger partial charge on any atom is 0.508 e. The van der Waals surface area contributed by atoms with Gasteiger partial charge in [-0.3, -0.25) is 0 Å². The zero-order valence-corrected chi connectivity index (χ0v) is 61.8. The molecule has 1 heterocycles. The van der Waals surface area contributed by atoms with E-state index in [2.05, 4.69) is 98.4 Å². The number of phenolic OH excluding ortho intramolecular Hbond substituents is 1. The number of aliphatic hydroxyl groups is 1. The average molecular weight is 1660 g/mol. The van der Waals surface area contributed by atoms with Crippen LogP contribution in [-0.2, 0) is 41.0 Å². The number of methoxy groups -OCH3 is 2. The van der Waals surface area contributed by atoms with Gasteiger partial charge in [-0.25, -0.2) is 4.79 Å². The summed E-state index contributed by atoms with van der Waals surface area (Å²) in [6, 6.07) is 41.8. The number of hydrogen-bond donors (Lipinski definition) is 6. The highest BCUT2D eigenvalue weighted by atomic mass is 80.0. The maximum absolute atomic E-state index is 9.80. The Hall–Kier alpha value is -4.43. The lowest BCUT2D eigenvalue weighted by Gasteiger charge is -2.16. The largest absolute Gasteiger partial charge is 0.508 e. The minimum atomic E-state index is -0.546. The first-order chi connectivity index (χ1) is 43.6. The molecule has 0 bridgehead atoms. The van der Waals surface area contributed by atoms with Crippen molar-refractivity contribution in [3.8, 4) is 57.5 Å². The van der Waals surface area contributed by atoms with E-state index in [1.807, 2.05) is 150 Å². The van der Waals surface area contributed by atoms with Gasteiger partial charge in [0, 0.05) is 24.0 Å². The summed E-state index contributed by atoms with van der Waals surface area (Å²) >= 11 is 14.8. The van der Waals surface area contributed by atoms with Crippen molar-refractivity contribution in [1.82, 2.24) is 5.32 Å². The Kier molecular flexibility index (Phi) is 64.6. The molecule has 2 atom stereocenters. The van der Waals surface area contributed by atoms with Crippen LogP contribution in [0.25, 0.3) is 0 Å². The van der Waals surface area contributed by atoms with Gasteiger partial charge in [0.05, 0.1) is 87.7 Å². The number of hydrogen-bond acceptors (Lipinski definition) is 24. The first kappa shape index (κ1) is 96.0. The minimum absolute atomic E-state index is 0. The highest BCUT2D eigenvalue weighted by Crippen LogP contribution is 2.59. The Bertz CT molecular complexity index is 2730. The molecule has 1 saturated heterocycles. The molecule has 6 aromatic carbocycles. The molecule has 2 unspecified atom stereocenters. The van der Waals surface area contributed by atoms with E-state index >= 15 is 0 Å². The van der Waals surface area contributed by atoms with Crippen LogP contribution < -0.4 is 65.5 Å². The number of nitrogens with one attached hydrogen (secondary N) is 1. The summed E-state index contributed by atoms with van der Waals surface area (Å²) in [4.78, 5) is 19.6. The summed E-state index contributed by atoms with van der Waals surface area (Å²) in [5, 5.41) is 22.0. The fourth-order valence-electron chi connectivity index (χ4n) is 7.07. The van der Waals surface area contributed by atoms with E-state index in [4.69, 9.17) is 74.7 Å². The normalized spacial score (nSPS) is 11.0. The second-order valence-corrected chi connectivity index (χ2v) is 35.0. The first-order valence-electron chi connectivity index (χ1n) is 28.0. The van der Waals surface area contributed by atoms with Crippen molar-refractivity contribution in [1.29, 1.82) is 0 Å². The van der Waals surface area contributed by atoms with Crippen molar-refractivity contribution in [2.24, 2.45) is 17.5 Å². The van der Waals surface area contributed by atoms with Crippen LogP contribution in [0.2, 0.25) is 0 Å². The number of benzene rings is 6. The summed E-state index contributed by atoms with van der Waals surface area (Å²) in [5.74, 6) is 16.4. The molecule has 94 heavy (non-hydrogen) atoms. The van der Waals surface area contributed by atoms with Gasteiger partial charge in [-0.1, -0.05) is 98.9 Å². The van der Waals surface area contributed by atoms with Crippen LogP contribution in [0.1, 0.15) is 74.9 Å². The number of aliphatic hydroxyl groups excluding tert-OH is 1. The number of halogens is 5. The molecule has 0 saturated carbocycles. The molecule has 1 fully saturated rings. The number of aromatic hydroxyl groups is 1. The van der Waals surface area contributed by atoms with Crippen molar-refractivity contribution in [2.75, 3.05) is 92.2 Å². The molecule has 0 aliphatic carbocycles. The molecule has 0 aromatic heterocycles. The predicted octanol–water partition coefficient (Wildman–Crippen LogP) is 16.9. The third kappa shape index (κ3) is 45.9. The molecule has 0 radical (unpaired) electrons. The van der Waals surface area contributed by atoms with E-state index in [1.54, 1.807) is 32.4 Å². The summed E-state index contributed by atoms with van der Waals surface area (Å²) in [6.45, 7) is 17.3. The summed E-state index contributed by atoms with van der Waals surface area (Å²) < 4.78 is 66.2. The highest BCUT2D eigenvalue weighted by molar-refractivity contribution is 9.93. The van der Waals surface area contributed by atoms with E-state index in [9.17, 15) is 4.79 Å². The molecule has 22 nitrogen and oxygen atoms in total. The average Bonchev–Trinajstić information content (AvgIpc) is 0.964. The smallest absolute Gasteiger partial charge is 0.504 e. The first-order valence-corrected chi connectivity index (χ1v) is 38.0. The zero-order chi connectivity index (χ0) is 66.6. The Morgan fingerprint density at radius 2 is 0.904 bits per heavy atom. The summed E-state index contributed by atoms with van der Waals surface area (Å²) in [7, 11) is 3.20. The number of phenols is 1. The van der Waals surface area contributed by atoms with Gasteiger partial charge in [0.25, 0.3) is 0 Å². The number of alkyl halides is 1. The fourth-order valence-corrected chi connectivity index (χ4v) is 8.32. The SMILES string of the molecule is BrP(Br)Br.C.C.C.CCOc1ccccc1O.CCOc1ccccc1OCCBr.CCOc1ccccc1OCCNC(C)Cc1ccc(OC)c(SOON)c1.CCOc1ccccc1OCCO.COc1ccc(CC(C)N)cc1SOON.Cl.O=C1OCCO1. The van der Waals surface area contributed by atoms with Crippen LogP contribution >= 0.6 is 103 Å². The number of ether oxygens (including phenoxy) is 11. The van der Waals surface area contributed by atoms with Gasteiger partial charge in [-0.15, -0.1) is 31.1 Å². The zero-order valence-electron chi connectivity index (χ0n) is 52.1. The minimum Gasteiger partial charge on any atom is -0.504 e. The molecular weight excluding hydrogens is 1560 g/mol. The molecule has 9 N–H and O–H groups in total. The van der Waals surface area contributed by atoms with E-state index in [0.717, 1.165) is 98.5 Å². The van der Waals surface area contributed by atoms with Crippen LogP contribution in [0.15, 0.2) is 143 Å². The third-order valence-corrected chi connectivity index (χ3v) is 12.2. The summed E-state index contributed by atoms with van der Waals surface area (Å²) in [5.41, 5.74) is 7.99. The van der Waals surface area contributed by atoms with Crippen LogP contribution in [0.3, 0.4) is 0 Å². The predicted molar refractivity (Wildman–Crippen MR) is 397 cm³/mol. The quantitative estimate of drug-likeness (QED) is 0.00448. The van der Waals surface area contributed by atoms with Crippen LogP contribution in [0, 0.1) is 0 Å². The van der Waals surface area contributed by atoms with Crippen molar-refractivity contribution in [3.63, 3.8) is 0 Å². The number of rotatable bonds is 31. The number of para-hydroxylation sites is 8. The number of nitrogens with two attached hydrogens (primary N) is 3. The lowest BCUT2D eigenvalue weighted by molar-refractivity contribution is -0.195.